The van der Waals surface area contributed by atoms with Gasteiger partial charge in [0.15, 0.2) is 0 Å². The number of nitrogens with two attached hydrogens (primary N) is 1. The SMILES string of the molecule is Cc1cccc(NC(C)C2CCCC2)c1N. The molecule has 88 valence electrons. The van der Waals surface area contributed by atoms with Gasteiger partial charge in [-0.05, 0) is 44.2 Å². The van der Waals surface area contributed by atoms with E-state index in [0.29, 0.717) is 6.04 Å². The minimum atomic E-state index is 0.534. The molecule has 0 radical (unpaired) electrons. The van der Waals surface area contributed by atoms with Crippen LogP contribution in [0.15, 0.2) is 18.2 Å². The summed E-state index contributed by atoms with van der Waals surface area (Å²) in [6.07, 6.45) is 5.50. The number of nitrogens with one attached hydrogen (secondary N) is 1. The average Bonchev–Trinajstić information content (AvgIpc) is 2.78. The Bertz CT molecular complexity index is 354. The molecule has 2 heteroatoms. The van der Waals surface area contributed by atoms with Gasteiger partial charge in [0.1, 0.15) is 0 Å². The van der Waals surface area contributed by atoms with Gasteiger partial charge in [0.25, 0.3) is 0 Å². The summed E-state index contributed by atoms with van der Waals surface area (Å²) in [5.74, 6) is 0.819. The second-order valence-electron chi connectivity index (χ2n) is 5.01. The molecule has 1 unspecified atom stereocenters. The molecule has 1 aliphatic carbocycles. The fourth-order valence-corrected chi connectivity index (χ4v) is 2.63. The minimum absolute atomic E-state index is 0.534. The molecule has 0 spiro atoms. The molecular formula is C14H22N2. The first-order valence-electron chi connectivity index (χ1n) is 6.30. The van der Waals surface area contributed by atoms with Gasteiger partial charge >= 0.3 is 0 Å². The molecule has 1 fully saturated rings. The summed E-state index contributed by atoms with van der Waals surface area (Å²) in [6, 6.07) is 6.73. The molecule has 0 saturated heterocycles. The molecule has 0 heterocycles. The van der Waals surface area contributed by atoms with Gasteiger partial charge in [-0.25, -0.2) is 0 Å². The van der Waals surface area contributed by atoms with Crippen LogP contribution in [-0.2, 0) is 0 Å². The van der Waals surface area contributed by atoms with Crippen LogP contribution < -0.4 is 11.1 Å². The topological polar surface area (TPSA) is 38.0 Å². The van der Waals surface area contributed by atoms with E-state index in [1.807, 2.05) is 0 Å². The quantitative estimate of drug-likeness (QED) is 0.761. The third kappa shape index (κ3) is 2.31. The van der Waals surface area contributed by atoms with E-state index in [9.17, 15) is 0 Å². The maximum Gasteiger partial charge on any atom is 0.0579 e. The number of rotatable bonds is 3. The van der Waals surface area contributed by atoms with E-state index in [-0.39, 0.29) is 0 Å². The molecule has 0 amide bonds. The summed E-state index contributed by atoms with van der Waals surface area (Å²) >= 11 is 0. The minimum Gasteiger partial charge on any atom is -0.397 e. The van der Waals surface area contributed by atoms with Crippen LogP contribution in [0.1, 0.15) is 38.2 Å². The van der Waals surface area contributed by atoms with Crippen LogP contribution in [0, 0.1) is 12.8 Å². The second kappa shape index (κ2) is 4.77. The number of hydrogen-bond acceptors (Lipinski definition) is 2. The Morgan fingerprint density at radius 1 is 1.31 bits per heavy atom. The van der Waals surface area contributed by atoms with Gasteiger partial charge in [-0.15, -0.1) is 0 Å². The Labute approximate surface area is 98.2 Å². The molecule has 1 saturated carbocycles. The van der Waals surface area contributed by atoms with E-state index in [0.717, 1.165) is 22.9 Å². The number of aryl methyl sites for hydroxylation is 1. The molecule has 2 rings (SSSR count). The zero-order valence-corrected chi connectivity index (χ0v) is 10.3. The maximum atomic E-state index is 6.07. The van der Waals surface area contributed by atoms with Crippen molar-refractivity contribution in [1.82, 2.24) is 0 Å². The number of benzene rings is 1. The Hall–Kier alpha value is -1.18. The molecule has 1 aliphatic rings. The van der Waals surface area contributed by atoms with E-state index < -0.39 is 0 Å². The Morgan fingerprint density at radius 3 is 2.69 bits per heavy atom. The highest BCUT2D eigenvalue weighted by atomic mass is 14.9. The monoisotopic (exact) mass is 218 g/mol. The van der Waals surface area contributed by atoms with Gasteiger partial charge in [-0.1, -0.05) is 25.0 Å². The molecule has 16 heavy (non-hydrogen) atoms. The van der Waals surface area contributed by atoms with E-state index in [1.54, 1.807) is 0 Å². The van der Waals surface area contributed by atoms with Crippen molar-refractivity contribution in [3.63, 3.8) is 0 Å². The molecule has 3 N–H and O–H groups in total. The van der Waals surface area contributed by atoms with Crippen LogP contribution in [0.3, 0.4) is 0 Å². The summed E-state index contributed by atoms with van der Waals surface area (Å²) < 4.78 is 0. The van der Waals surface area contributed by atoms with Crippen LogP contribution in [0.5, 0.6) is 0 Å². The molecule has 2 nitrogen and oxygen atoms in total. The van der Waals surface area contributed by atoms with E-state index in [2.05, 4.69) is 37.4 Å². The van der Waals surface area contributed by atoms with Crippen LogP contribution in [0.2, 0.25) is 0 Å². The van der Waals surface area contributed by atoms with Gasteiger partial charge in [-0.3, -0.25) is 0 Å². The van der Waals surface area contributed by atoms with Crippen molar-refractivity contribution in [2.24, 2.45) is 5.92 Å². The first kappa shape index (κ1) is 11.3. The number of hydrogen-bond donors (Lipinski definition) is 2. The zero-order valence-electron chi connectivity index (χ0n) is 10.3. The van der Waals surface area contributed by atoms with Crippen LogP contribution in [0.4, 0.5) is 11.4 Å². The molecule has 0 aliphatic heterocycles. The molecular weight excluding hydrogens is 196 g/mol. The first-order chi connectivity index (χ1) is 7.68. The van der Waals surface area contributed by atoms with Gasteiger partial charge in [0.05, 0.1) is 11.4 Å². The van der Waals surface area contributed by atoms with E-state index in [1.165, 1.54) is 25.7 Å². The van der Waals surface area contributed by atoms with Crippen LogP contribution >= 0.6 is 0 Å². The van der Waals surface area contributed by atoms with Gasteiger partial charge < -0.3 is 11.1 Å². The Morgan fingerprint density at radius 2 is 2.00 bits per heavy atom. The lowest BCUT2D eigenvalue weighted by atomic mass is 9.99. The van der Waals surface area contributed by atoms with Crippen molar-refractivity contribution in [2.75, 3.05) is 11.1 Å². The smallest absolute Gasteiger partial charge is 0.0579 e. The maximum absolute atomic E-state index is 6.07. The highest BCUT2D eigenvalue weighted by molar-refractivity contribution is 5.69. The van der Waals surface area contributed by atoms with Crippen molar-refractivity contribution in [3.05, 3.63) is 23.8 Å². The fourth-order valence-electron chi connectivity index (χ4n) is 2.63. The predicted octanol–water partition coefficient (Wildman–Crippen LogP) is 3.57. The normalized spacial score (nSPS) is 18.6. The predicted molar refractivity (Wildman–Crippen MR) is 70.6 cm³/mol. The summed E-state index contributed by atoms with van der Waals surface area (Å²) in [6.45, 7) is 4.33. The van der Waals surface area contributed by atoms with Crippen molar-refractivity contribution >= 4 is 11.4 Å². The highest BCUT2D eigenvalue weighted by Gasteiger charge is 2.21. The summed E-state index contributed by atoms with van der Waals surface area (Å²) in [7, 11) is 0. The Balaban J connectivity index is 2.05. The van der Waals surface area contributed by atoms with Crippen LogP contribution in [-0.4, -0.2) is 6.04 Å². The first-order valence-corrected chi connectivity index (χ1v) is 6.30. The molecule has 1 atom stereocenters. The van der Waals surface area contributed by atoms with E-state index >= 15 is 0 Å². The highest BCUT2D eigenvalue weighted by Crippen LogP contribution is 2.31. The number of para-hydroxylation sites is 1. The number of nitrogen functional groups attached to an aromatic ring is 1. The molecule has 1 aromatic rings. The Kier molecular flexibility index (Phi) is 3.37. The lowest BCUT2D eigenvalue weighted by Gasteiger charge is -2.23. The van der Waals surface area contributed by atoms with Crippen molar-refractivity contribution in [2.45, 2.75) is 45.6 Å². The summed E-state index contributed by atoms with van der Waals surface area (Å²) in [5.41, 5.74) is 9.22. The molecule has 0 bridgehead atoms. The lowest BCUT2D eigenvalue weighted by molar-refractivity contribution is 0.482. The van der Waals surface area contributed by atoms with Gasteiger partial charge in [0, 0.05) is 6.04 Å². The van der Waals surface area contributed by atoms with E-state index in [4.69, 9.17) is 5.73 Å². The zero-order chi connectivity index (χ0) is 11.5. The largest absolute Gasteiger partial charge is 0.397 e. The molecule has 0 aromatic heterocycles. The van der Waals surface area contributed by atoms with Crippen molar-refractivity contribution in [3.8, 4) is 0 Å². The van der Waals surface area contributed by atoms with Crippen molar-refractivity contribution < 1.29 is 0 Å². The van der Waals surface area contributed by atoms with Crippen LogP contribution in [0.25, 0.3) is 0 Å². The fraction of sp³-hybridized carbons (Fsp3) is 0.571. The van der Waals surface area contributed by atoms with Gasteiger partial charge in [-0.2, -0.15) is 0 Å². The third-order valence-electron chi connectivity index (χ3n) is 3.81. The molecule has 1 aromatic carbocycles. The second-order valence-corrected chi connectivity index (χ2v) is 5.01. The number of anilines is 2. The lowest BCUT2D eigenvalue weighted by Crippen LogP contribution is -2.24. The summed E-state index contributed by atoms with van der Waals surface area (Å²) in [5, 5.41) is 3.57. The summed E-state index contributed by atoms with van der Waals surface area (Å²) in [4.78, 5) is 0. The van der Waals surface area contributed by atoms with Gasteiger partial charge in [0.2, 0.25) is 0 Å². The standard InChI is InChI=1S/C14H22N2/c1-10-6-5-9-13(14(10)15)16-11(2)12-7-3-4-8-12/h5-6,9,11-12,16H,3-4,7-8,15H2,1-2H3. The van der Waals surface area contributed by atoms with Crippen molar-refractivity contribution in [1.29, 1.82) is 0 Å². The third-order valence-corrected chi connectivity index (χ3v) is 3.81. The average molecular weight is 218 g/mol.